The van der Waals surface area contributed by atoms with Crippen LogP contribution in [0.1, 0.15) is 37.9 Å². The molecule has 1 aliphatic heterocycles. The van der Waals surface area contributed by atoms with Gasteiger partial charge in [-0.15, -0.1) is 0 Å². The van der Waals surface area contributed by atoms with Crippen LogP contribution < -0.4 is 10.1 Å². The lowest BCUT2D eigenvalue weighted by atomic mass is 9.92. The Balaban J connectivity index is 1.94. The molecule has 2 aromatic rings. The van der Waals surface area contributed by atoms with Gasteiger partial charge in [-0.2, -0.15) is 0 Å². The molecule has 0 aromatic heterocycles. The van der Waals surface area contributed by atoms with Crippen molar-refractivity contribution < 1.29 is 9.53 Å². The van der Waals surface area contributed by atoms with E-state index in [9.17, 15) is 4.79 Å². The molecule has 3 rings (SSSR count). The van der Waals surface area contributed by atoms with Crippen LogP contribution in [0.4, 0.5) is 0 Å². The Hall–Kier alpha value is -2.18. The van der Waals surface area contributed by atoms with Crippen LogP contribution in [0.2, 0.25) is 0 Å². The summed E-state index contributed by atoms with van der Waals surface area (Å²) in [6.07, 6.45) is 0. The van der Waals surface area contributed by atoms with Crippen LogP contribution in [0.25, 0.3) is 0 Å². The largest absolute Gasteiger partial charge is 0.489 e. The maximum atomic E-state index is 12.5. The average molecular weight is 459 g/mol. The van der Waals surface area contributed by atoms with Gasteiger partial charge in [0, 0.05) is 27.9 Å². The molecule has 0 saturated heterocycles. The summed E-state index contributed by atoms with van der Waals surface area (Å²) in [6.45, 7) is 6.72. The average Bonchev–Trinajstić information content (AvgIpc) is 2.67. The molecule has 1 aliphatic rings. The number of Topliss-reactive ketones (excluding diaryl/α,β-unsaturated/α-hetero) is 1. The van der Waals surface area contributed by atoms with Gasteiger partial charge in [-0.05, 0) is 56.8 Å². The van der Waals surface area contributed by atoms with E-state index in [1.54, 1.807) is 6.92 Å². The number of hydrogen-bond acceptors (Lipinski definition) is 3. The lowest BCUT2D eigenvalue weighted by Crippen LogP contribution is -2.47. The second kappa shape index (κ2) is 8.88. The number of thiocarbonyl (C=S) groups is 1. The molecule has 6 heteroatoms. The van der Waals surface area contributed by atoms with Crippen LogP contribution in [0, 0.1) is 0 Å². The maximum absolute atomic E-state index is 12.5. The topological polar surface area (TPSA) is 41.6 Å². The number of rotatable bonds is 6. The maximum Gasteiger partial charge on any atom is 0.173 e. The third kappa shape index (κ3) is 4.28. The van der Waals surface area contributed by atoms with Gasteiger partial charge in [-0.1, -0.05) is 46.3 Å². The van der Waals surface area contributed by atoms with Crippen LogP contribution in [-0.2, 0) is 11.4 Å². The molecule has 0 bridgehead atoms. The number of benzene rings is 2. The normalized spacial score (nSPS) is 16.8. The van der Waals surface area contributed by atoms with Gasteiger partial charge in [0.05, 0.1) is 6.04 Å². The van der Waals surface area contributed by atoms with Gasteiger partial charge in [0.25, 0.3) is 0 Å². The number of nitrogens with one attached hydrogen (secondary N) is 1. The fourth-order valence-corrected chi connectivity index (χ4v) is 4.09. The first-order valence-corrected chi connectivity index (χ1v) is 10.4. The van der Waals surface area contributed by atoms with E-state index in [1.165, 1.54) is 0 Å². The Kier molecular flexibility index (Phi) is 6.52. The number of carbonyl (C=O) groups excluding carboxylic acids is 1. The SMILES string of the molecule is CCN1C(=S)NC(c2ccccc2OCc2ccc(Br)cc2)C(C(C)=O)=C1C. The highest BCUT2D eigenvalue weighted by Gasteiger charge is 2.33. The number of carbonyl (C=O) groups is 1. The molecule has 0 spiro atoms. The summed E-state index contributed by atoms with van der Waals surface area (Å²) in [5, 5.41) is 3.96. The van der Waals surface area contributed by atoms with Crippen molar-refractivity contribution in [3.63, 3.8) is 0 Å². The lowest BCUT2D eigenvalue weighted by Gasteiger charge is -2.37. The zero-order chi connectivity index (χ0) is 20.3. The molecule has 0 radical (unpaired) electrons. The fraction of sp³-hybridized carbons (Fsp3) is 0.273. The standard InChI is InChI=1S/C22H23BrN2O2S/c1-4-25-14(2)20(15(3)26)21(24-22(25)28)18-7-5-6-8-19(18)27-13-16-9-11-17(23)12-10-16/h5-12,21H,4,13H2,1-3H3,(H,24,28). The smallest absolute Gasteiger partial charge is 0.173 e. The second-order valence-electron chi connectivity index (χ2n) is 6.64. The lowest BCUT2D eigenvalue weighted by molar-refractivity contribution is -0.114. The first-order valence-electron chi connectivity index (χ1n) is 9.18. The molecule has 1 N–H and O–H groups in total. The first-order chi connectivity index (χ1) is 13.4. The minimum Gasteiger partial charge on any atom is -0.489 e. The molecule has 1 heterocycles. The van der Waals surface area contributed by atoms with Crippen molar-refractivity contribution in [2.24, 2.45) is 0 Å². The van der Waals surface area contributed by atoms with E-state index in [-0.39, 0.29) is 11.8 Å². The molecular formula is C22H23BrN2O2S. The van der Waals surface area contributed by atoms with Gasteiger partial charge in [0.15, 0.2) is 10.9 Å². The summed E-state index contributed by atoms with van der Waals surface area (Å²) in [4.78, 5) is 14.4. The van der Waals surface area contributed by atoms with E-state index < -0.39 is 0 Å². The van der Waals surface area contributed by atoms with E-state index in [1.807, 2.05) is 67.3 Å². The number of ketones is 1. The molecule has 2 aromatic carbocycles. The van der Waals surface area contributed by atoms with E-state index in [2.05, 4.69) is 21.2 Å². The van der Waals surface area contributed by atoms with Crippen molar-refractivity contribution in [2.45, 2.75) is 33.4 Å². The van der Waals surface area contributed by atoms with Crippen molar-refractivity contribution in [3.8, 4) is 5.75 Å². The number of allylic oxidation sites excluding steroid dienone is 1. The molecule has 0 fully saturated rings. The van der Waals surface area contributed by atoms with Crippen molar-refractivity contribution >= 4 is 39.0 Å². The number of nitrogens with zero attached hydrogens (tertiary/aromatic N) is 1. The number of halogens is 1. The van der Waals surface area contributed by atoms with Crippen LogP contribution in [0.3, 0.4) is 0 Å². The van der Waals surface area contributed by atoms with Crippen LogP contribution in [-0.4, -0.2) is 22.3 Å². The Morgan fingerprint density at radius 1 is 1.21 bits per heavy atom. The number of ether oxygens (including phenoxy) is 1. The number of para-hydroxylation sites is 1. The molecular weight excluding hydrogens is 436 g/mol. The monoisotopic (exact) mass is 458 g/mol. The van der Waals surface area contributed by atoms with Crippen LogP contribution in [0.15, 0.2) is 64.3 Å². The van der Waals surface area contributed by atoms with Crippen molar-refractivity contribution in [2.75, 3.05) is 6.54 Å². The summed E-state index contributed by atoms with van der Waals surface area (Å²) >= 11 is 8.99. The molecule has 0 aliphatic carbocycles. The Morgan fingerprint density at radius 2 is 1.89 bits per heavy atom. The van der Waals surface area contributed by atoms with Gasteiger partial charge in [-0.25, -0.2) is 0 Å². The Labute approximate surface area is 179 Å². The van der Waals surface area contributed by atoms with Crippen molar-refractivity contribution in [1.82, 2.24) is 10.2 Å². The van der Waals surface area contributed by atoms with E-state index in [4.69, 9.17) is 17.0 Å². The zero-order valence-corrected chi connectivity index (χ0v) is 18.6. The second-order valence-corrected chi connectivity index (χ2v) is 7.94. The zero-order valence-electron chi connectivity index (χ0n) is 16.2. The van der Waals surface area contributed by atoms with Crippen LogP contribution in [0.5, 0.6) is 5.75 Å². The Bertz CT molecular complexity index is 924. The quantitative estimate of drug-likeness (QED) is 0.606. The molecule has 4 nitrogen and oxygen atoms in total. The van der Waals surface area contributed by atoms with Gasteiger partial charge in [-0.3, -0.25) is 4.79 Å². The highest BCUT2D eigenvalue weighted by Crippen LogP contribution is 2.35. The predicted octanol–water partition coefficient (Wildman–Crippen LogP) is 5.14. The molecule has 146 valence electrons. The van der Waals surface area contributed by atoms with Gasteiger partial charge < -0.3 is 15.0 Å². The summed E-state index contributed by atoms with van der Waals surface area (Å²) in [5.41, 5.74) is 3.59. The third-order valence-corrected chi connectivity index (χ3v) is 5.70. The minimum atomic E-state index is -0.325. The van der Waals surface area contributed by atoms with E-state index >= 15 is 0 Å². The van der Waals surface area contributed by atoms with Crippen molar-refractivity contribution in [1.29, 1.82) is 0 Å². The van der Waals surface area contributed by atoms with E-state index in [0.717, 1.165) is 32.6 Å². The highest BCUT2D eigenvalue weighted by atomic mass is 79.9. The summed E-state index contributed by atoms with van der Waals surface area (Å²) < 4.78 is 7.15. The minimum absolute atomic E-state index is 0.0265. The summed E-state index contributed by atoms with van der Waals surface area (Å²) in [7, 11) is 0. The van der Waals surface area contributed by atoms with E-state index in [0.29, 0.717) is 18.3 Å². The molecule has 1 unspecified atom stereocenters. The highest BCUT2D eigenvalue weighted by molar-refractivity contribution is 9.10. The predicted molar refractivity (Wildman–Crippen MR) is 119 cm³/mol. The molecule has 0 amide bonds. The third-order valence-electron chi connectivity index (χ3n) is 4.83. The van der Waals surface area contributed by atoms with Gasteiger partial charge in [0.2, 0.25) is 0 Å². The van der Waals surface area contributed by atoms with Gasteiger partial charge >= 0.3 is 0 Å². The summed E-state index contributed by atoms with van der Waals surface area (Å²) in [6, 6.07) is 15.5. The number of hydrogen-bond donors (Lipinski definition) is 1. The molecule has 1 atom stereocenters. The molecule has 0 saturated carbocycles. The van der Waals surface area contributed by atoms with Crippen LogP contribution >= 0.6 is 28.1 Å². The van der Waals surface area contributed by atoms with Crippen molar-refractivity contribution in [3.05, 3.63) is 75.4 Å². The fourth-order valence-electron chi connectivity index (χ4n) is 3.44. The Morgan fingerprint density at radius 3 is 2.54 bits per heavy atom. The molecule has 28 heavy (non-hydrogen) atoms. The van der Waals surface area contributed by atoms with Gasteiger partial charge in [0.1, 0.15) is 12.4 Å². The summed E-state index contributed by atoms with van der Waals surface area (Å²) in [5.74, 6) is 0.765. The first kappa shape index (κ1) is 20.6.